The zero-order chi connectivity index (χ0) is 18.6. The number of likely N-dealkylation sites (tertiary alicyclic amines) is 1. The van der Waals surface area contributed by atoms with E-state index in [2.05, 4.69) is 4.90 Å². The van der Waals surface area contributed by atoms with Gasteiger partial charge in [0.1, 0.15) is 0 Å². The number of anilines is 1. The molecule has 0 radical (unpaired) electrons. The van der Waals surface area contributed by atoms with Gasteiger partial charge in [0.05, 0.1) is 24.9 Å². The third-order valence-electron chi connectivity index (χ3n) is 5.59. The van der Waals surface area contributed by atoms with Crippen molar-refractivity contribution < 1.29 is 14.6 Å². The molecular formula is C21H26N2O3S. The molecule has 0 saturated carbocycles. The normalized spacial score (nSPS) is 19.9. The highest BCUT2D eigenvalue weighted by molar-refractivity contribution is 7.10. The molecule has 1 aromatic carbocycles. The largest absolute Gasteiger partial charge is 0.387 e. The topological polar surface area (TPSA) is 53.0 Å². The van der Waals surface area contributed by atoms with Gasteiger partial charge in [-0.05, 0) is 42.3 Å². The van der Waals surface area contributed by atoms with Crippen molar-refractivity contribution in [1.82, 2.24) is 4.90 Å². The number of amides is 1. The van der Waals surface area contributed by atoms with E-state index in [0.717, 1.165) is 42.1 Å². The zero-order valence-electron chi connectivity index (χ0n) is 15.4. The second-order valence-electron chi connectivity index (χ2n) is 7.21. The number of piperidine rings is 1. The van der Waals surface area contributed by atoms with Crippen molar-refractivity contribution >= 4 is 22.9 Å². The highest BCUT2D eigenvalue weighted by Gasteiger charge is 2.30. The molecule has 1 aromatic heterocycles. The maximum atomic E-state index is 13.2. The summed E-state index contributed by atoms with van der Waals surface area (Å²) in [6.07, 6.45) is 1.26. The van der Waals surface area contributed by atoms with Crippen LogP contribution in [0.4, 0.5) is 5.69 Å². The Kier molecular flexibility index (Phi) is 5.76. The van der Waals surface area contributed by atoms with E-state index in [-0.39, 0.29) is 11.8 Å². The van der Waals surface area contributed by atoms with Crippen molar-refractivity contribution in [3.05, 3.63) is 52.2 Å². The van der Waals surface area contributed by atoms with Crippen LogP contribution in [0.25, 0.3) is 0 Å². The fourth-order valence-electron chi connectivity index (χ4n) is 4.01. The minimum Gasteiger partial charge on any atom is -0.387 e. The fourth-order valence-corrected chi connectivity index (χ4v) is 4.82. The molecule has 2 fully saturated rings. The van der Waals surface area contributed by atoms with Crippen molar-refractivity contribution in [1.29, 1.82) is 0 Å². The van der Waals surface area contributed by atoms with E-state index in [0.29, 0.717) is 26.3 Å². The number of morpholine rings is 1. The quantitative estimate of drug-likeness (QED) is 0.877. The van der Waals surface area contributed by atoms with Crippen LogP contribution in [0.1, 0.15) is 34.2 Å². The Morgan fingerprint density at radius 3 is 2.52 bits per heavy atom. The Balaban J connectivity index is 1.42. The van der Waals surface area contributed by atoms with Gasteiger partial charge in [0.2, 0.25) is 0 Å². The number of nitrogens with zero attached hydrogens (tertiary/aromatic N) is 2. The maximum absolute atomic E-state index is 13.2. The number of aliphatic hydroxyl groups is 1. The maximum Gasteiger partial charge on any atom is 0.255 e. The molecule has 2 aromatic rings. The van der Waals surface area contributed by atoms with Crippen LogP contribution in [0.5, 0.6) is 0 Å². The van der Waals surface area contributed by atoms with E-state index in [1.165, 1.54) is 0 Å². The predicted molar refractivity (Wildman–Crippen MR) is 107 cm³/mol. The molecule has 0 bridgehead atoms. The number of para-hydroxylation sites is 1. The minimum atomic E-state index is -0.414. The summed E-state index contributed by atoms with van der Waals surface area (Å²) in [7, 11) is 0. The summed E-state index contributed by atoms with van der Waals surface area (Å²) in [6, 6.07) is 11.9. The van der Waals surface area contributed by atoms with Crippen LogP contribution >= 0.6 is 11.3 Å². The van der Waals surface area contributed by atoms with Crippen LogP contribution in [0.15, 0.2) is 41.8 Å². The van der Waals surface area contributed by atoms with E-state index >= 15 is 0 Å². The van der Waals surface area contributed by atoms with Crippen molar-refractivity contribution in [3.8, 4) is 0 Å². The third kappa shape index (κ3) is 4.03. The molecule has 2 aliphatic rings. The first kappa shape index (κ1) is 18.5. The highest BCUT2D eigenvalue weighted by atomic mass is 32.1. The lowest BCUT2D eigenvalue weighted by Crippen LogP contribution is -2.41. The number of ether oxygens (including phenoxy) is 1. The number of benzene rings is 1. The van der Waals surface area contributed by atoms with Gasteiger partial charge < -0.3 is 19.6 Å². The van der Waals surface area contributed by atoms with E-state index in [4.69, 9.17) is 4.74 Å². The molecule has 1 unspecified atom stereocenters. The molecule has 144 valence electrons. The monoisotopic (exact) mass is 386 g/mol. The van der Waals surface area contributed by atoms with Crippen molar-refractivity contribution in [3.63, 3.8) is 0 Å². The molecule has 3 heterocycles. The minimum absolute atomic E-state index is 0.0983. The van der Waals surface area contributed by atoms with E-state index in [9.17, 15) is 9.90 Å². The smallest absolute Gasteiger partial charge is 0.255 e. The summed E-state index contributed by atoms with van der Waals surface area (Å²) in [6.45, 7) is 4.44. The summed E-state index contributed by atoms with van der Waals surface area (Å²) in [4.78, 5) is 18.4. The molecule has 1 amide bonds. The Hall–Kier alpha value is -1.89. The number of aliphatic hydroxyl groups excluding tert-OH is 1. The number of hydrogen-bond acceptors (Lipinski definition) is 5. The average Bonchev–Trinajstić information content (AvgIpc) is 3.28. The molecule has 6 heteroatoms. The van der Waals surface area contributed by atoms with Gasteiger partial charge >= 0.3 is 0 Å². The molecule has 4 rings (SSSR count). The van der Waals surface area contributed by atoms with Crippen LogP contribution < -0.4 is 4.90 Å². The number of hydrogen-bond donors (Lipinski definition) is 1. The van der Waals surface area contributed by atoms with E-state index < -0.39 is 6.10 Å². The highest BCUT2D eigenvalue weighted by Crippen LogP contribution is 2.34. The third-order valence-corrected chi connectivity index (χ3v) is 6.54. The van der Waals surface area contributed by atoms with Gasteiger partial charge in [0.15, 0.2) is 0 Å². The van der Waals surface area contributed by atoms with Crippen LogP contribution in [-0.2, 0) is 4.74 Å². The fraction of sp³-hybridized carbons (Fsp3) is 0.476. The number of rotatable bonds is 4. The summed E-state index contributed by atoms with van der Waals surface area (Å²) in [5, 5.41) is 12.6. The summed E-state index contributed by atoms with van der Waals surface area (Å²) in [5.74, 6) is 0.323. The predicted octanol–water partition coefficient (Wildman–Crippen LogP) is 3.17. The molecule has 0 aliphatic carbocycles. The Morgan fingerprint density at radius 2 is 1.81 bits per heavy atom. The van der Waals surface area contributed by atoms with Crippen molar-refractivity contribution in [2.24, 2.45) is 5.92 Å². The first-order valence-electron chi connectivity index (χ1n) is 9.66. The van der Waals surface area contributed by atoms with Gasteiger partial charge in [0.25, 0.3) is 5.91 Å². The molecule has 0 spiro atoms. The van der Waals surface area contributed by atoms with Gasteiger partial charge in [-0.1, -0.05) is 18.2 Å². The van der Waals surface area contributed by atoms with Crippen molar-refractivity contribution in [2.75, 3.05) is 44.3 Å². The Bertz CT molecular complexity index is 751. The molecule has 2 saturated heterocycles. The van der Waals surface area contributed by atoms with Crippen LogP contribution in [0, 0.1) is 5.92 Å². The van der Waals surface area contributed by atoms with Gasteiger partial charge in [-0.15, -0.1) is 11.3 Å². The lowest BCUT2D eigenvalue weighted by molar-refractivity contribution is 0.0474. The number of carbonyl (C=O) groups excluding carboxylic acids is 1. The first-order valence-corrected chi connectivity index (χ1v) is 10.5. The average molecular weight is 387 g/mol. The van der Waals surface area contributed by atoms with E-state index in [1.807, 2.05) is 46.7 Å². The Labute approximate surface area is 164 Å². The molecular weight excluding hydrogens is 360 g/mol. The molecule has 27 heavy (non-hydrogen) atoms. The summed E-state index contributed by atoms with van der Waals surface area (Å²) < 4.78 is 5.44. The van der Waals surface area contributed by atoms with Crippen molar-refractivity contribution in [2.45, 2.75) is 18.9 Å². The van der Waals surface area contributed by atoms with E-state index in [1.54, 1.807) is 11.3 Å². The zero-order valence-corrected chi connectivity index (χ0v) is 16.2. The second kappa shape index (κ2) is 8.42. The molecule has 1 atom stereocenters. The first-order chi connectivity index (χ1) is 13.2. The number of carbonyl (C=O) groups is 1. The summed E-state index contributed by atoms with van der Waals surface area (Å²) in [5.41, 5.74) is 1.78. The SMILES string of the molecule is O=C(c1ccccc1N1CCOCC1)N1CCC(C(O)c2cccs2)CC1. The van der Waals surface area contributed by atoms with Gasteiger partial charge in [-0.2, -0.15) is 0 Å². The van der Waals surface area contributed by atoms with Crippen LogP contribution in [0.2, 0.25) is 0 Å². The lowest BCUT2D eigenvalue weighted by Gasteiger charge is -2.35. The molecule has 1 N–H and O–H groups in total. The second-order valence-corrected chi connectivity index (χ2v) is 8.19. The lowest BCUT2D eigenvalue weighted by atomic mass is 9.90. The summed E-state index contributed by atoms with van der Waals surface area (Å²) >= 11 is 1.60. The van der Waals surface area contributed by atoms with Gasteiger partial charge in [0, 0.05) is 36.7 Å². The Morgan fingerprint density at radius 1 is 1.07 bits per heavy atom. The molecule has 5 nitrogen and oxygen atoms in total. The number of thiophene rings is 1. The van der Waals surface area contributed by atoms with Crippen LogP contribution in [0.3, 0.4) is 0 Å². The van der Waals surface area contributed by atoms with Crippen LogP contribution in [-0.4, -0.2) is 55.3 Å². The van der Waals surface area contributed by atoms with Gasteiger partial charge in [-0.25, -0.2) is 0 Å². The standard InChI is InChI=1S/C21H26N2O3S/c24-20(19-6-3-15-27-19)16-7-9-23(10-8-16)21(25)17-4-1-2-5-18(17)22-11-13-26-14-12-22/h1-6,15-16,20,24H,7-14H2. The van der Waals surface area contributed by atoms with Gasteiger partial charge in [-0.3, -0.25) is 4.79 Å². The molecule has 2 aliphatic heterocycles.